The number of nitrogens with two attached hydrogens (primary N) is 1. The molecule has 2 rings (SSSR count). The Labute approximate surface area is 105 Å². The number of hydrogen-bond donors (Lipinski definition) is 2. The van der Waals surface area contributed by atoms with Crippen molar-refractivity contribution in [2.45, 2.75) is 13.3 Å². The number of anilines is 1. The Kier molecular flexibility index (Phi) is 3.26. The van der Waals surface area contributed by atoms with Gasteiger partial charge in [0.1, 0.15) is 5.69 Å². The Bertz CT molecular complexity index is 572. The van der Waals surface area contributed by atoms with Crippen LogP contribution in [0.4, 0.5) is 14.5 Å². The molecule has 90 valence electrons. The number of hydrogen-bond acceptors (Lipinski definition) is 3. The molecule has 0 radical (unpaired) electrons. The van der Waals surface area contributed by atoms with E-state index in [0.29, 0.717) is 21.1 Å². The van der Waals surface area contributed by atoms with Crippen LogP contribution < -0.4 is 11.3 Å². The quantitative estimate of drug-likeness (QED) is 0.659. The smallest absolute Gasteiger partial charge is 0.280 e. The molecule has 0 saturated heterocycles. The van der Waals surface area contributed by atoms with Gasteiger partial charge < -0.3 is 5.43 Å². The molecule has 1 aromatic carbocycles. The molecule has 3 N–H and O–H groups in total. The maximum atomic E-state index is 12.7. The second-order valence-corrected chi connectivity index (χ2v) is 4.43. The second kappa shape index (κ2) is 4.54. The molecule has 17 heavy (non-hydrogen) atoms. The number of nitrogens with zero attached hydrogens (tertiary/aromatic N) is 1. The minimum absolute atomic E-state index is 0.295. The van der Waals surface area contributed by atoms with Gasteiger partial charge in [-0.25, -0.2) is 13.8 Å². The molecule has 0 atom stereocenters. The van der Waals surface area contributed by atoms with Gasteiger partial charge in [-0.2, -0.15) is 0 Å². The highest BCUT2D eigenvalue weighted by Gasteiger charge is 2.15. The molecular formula is C11H10BrF2N3. The monoisotopic (exact) mass is 301 g/mol. The Hall–Kier alpha value is -1.27. The minimum Gasteiger partial charge on any atom is -0.323 e. The standard InChI is InChI=1S/C11H10BrF2N3/c1-5-2-3-6-7(17-15)4-8(11(13)14)16-10(6)9(5)12/h2-4,11H,15H2,1H3,(H,16,17). The number of nitrogen functional groups attached to an aromatic ring is 1. The number of aromatic nitrogens is 1. The normalized spacial score (nSPS) is 11.2. The largest absolute Gasteiger partial charge is 0.323 e. The molecule has 0 amide bonds. The maximum Gasteiger partial charge on any atom is 0.280 e. The summed E-state index contributed by atoms with van der Waals surface area (Å²) in [6.45, 7) is 1.87. The van der Waals surface area contributed by atoms with Crippen molar-refractivity contribution in [2.24, 2.45) is 5.84 Å². The predicted molar refractivity (Wildman–Crippen MR) is 66.9 cm³/mol. The van der Waals surface area contributed by atoms with E-state index in [4.69, 9.17) is 5.84 Å². The van der Waals surface area contributed by atoms with Crippen LogP contribution in [-0.4, -0.2) is 4.98 Å². The number of rotatable bonds is 2. The Morgan fingerprint density at radius 1 is 1.41 bits per heavy atom. The van der Waals surface area contributed by atoms with Gasteiger partial charge in [-0.05, 0) is 34.5 Å². The molecule has 0 aliphatic carbocycles. The molecule has 2 aromatic rings. The number of fused-ring (bicyclic) bond motifs is 1. The van der Waals surface area contributed by atoms with Crippen LogP contribution in [0.1, 0.15) is 17.7 Å². The van der Waals surface area contributed by atoms with E-state index in [-0.39, 0.29) is 5.69 Å². The van der Waals surface area contributed by atoms with Gasteiger partial charge >= 0.3 is 0 Å². The summed E-state index contributed by atoms with van der Waals surface area (Å²) in [4.78, 5) is 3.95. The molecule has 0 aliphatic rings. The third kappa shape index (κ3) is 2.10. The third-order valence-corrected chi connectivity index (χ3v) is 3.51. The van der Waals surface area contributed by atoms with E-state index in [2.05, 4.69) is 26.3 Å². The van der Waals surface area contributed by atoms with Gasteiger partial charge in [0.25, 0.3) is 6.43 Å². The average molecular weight is 302 g/mol. The lowest BCUT2D eigenvalue weighted by molar-refractivity contribution is 0.146. The van der Waals surface area contributed by atoms with Crippen molar-refractivity contribution < 1.29 is 8.78 Å². The number of pyridine rings is 1. The van der Waals surface area contributed by atoms with Crippen LogP contribution in [0.5, 0.6) is 0 Å². The molecule has 0 unspecified atom stereocenters. The van der Waals surface area contributed by atoms with Gasteiger partial charge in [0, 0.05) is 9.86 Å². The van der Waals surface area contributed by atoms with Crippen molar-refractivity contribution in [1.82, 2.24) is 4.98 Å². The van der Waals surface area contributed by atoms with E-state index in [1.165, 1.54) is 6.07 Å². The van der Waals surface area contributed by atoms with Crippen molar-refractivity contribution in [1.29, 1.82) is 0 Å². The van der Waals surface area contributed by atoms with Gasteiger partial charge in [-0.3, -0.25) is 5.84 Å². The van der Waals surface area contributed by atoms with Gasteiger partial charge in [0.15, 0.2) is 0 Å². The van der Waals surface area contributed by atoms with E-state index in [1.54, 1.807) is 6.07 Å². The van der Waals surface area contributed by atoms with Crippen LogP contribution in [0.3, 0.4) is 0 Å². The van der Waals surface area contributed by atoms with Crippen LogP contribution >= 0.6 is 15.9 Å². The highest BCUT2D eigenvalue weighted by molar-refractivity contribution is 9.10. The van der Waals surface area contributed by atoms with Gasteiger partial charge in [-0.15, -0.1) is 0 Å². The summed E-state index contributed by atoms with van der Waals surface area (Å²) in [5.41, 5.74) is 3.97. The average Bonchev–Trinajstić information content (AvgIpc) is 2.32. The Balaban J connectivity index is 2.83. The van der Waals surface area contributed by atoms with Gasteiger partial charge in [-0.1, -0.05) is 12.1 Å². The highest BCUT2D eigenvalue weighted by atomic mass is 79.9. The summed E-state index contributed by atoms with van der Waals surface area (Å²) in [6.07, 6.45) is -2.63. The molecule has 1 aromatic heterocycles. The van der Waals surface area contributed by atoms with Crippen molar-refractivity contribution >= 4 is 32.5 Å². The Morgan fingerprint density at radius 2 is 2.12 bits per heavy atom. The lowest BCUT2D eigenvalue weighted by Crippen LogP contribution is -2.08. The van der Waals surface area contributed by atoms with Crippen molar-refractivity contribution in [3.05, 3.63) is 33.9 Å². The zero-order valence-electron chi connectivity index (χ0n) is 8.97. The third-order valence-electron chi connectivity index (χ3n) is 2.51. The zero-order chi connectivity index (χ0) is 12.6. The maximum absolute atomic E-state index is 12.7. The number of benzene rings is 1. The first-order chi connectivity index (χ1) is 8.04. The van der Waals surface area contributed by atoms with Gasteiger partial charge in [0.05, 0.1) is 11.2 Å². The number of halogens is 3. The fraction of sp³-hybridized carbons (Fsp3) is 0.182. The molecular weight excluding hydrogens is 292 g/mol. The minimum atomic E-state index is -2.63. The molecule has 0 saturated carbocycles. The van der Waals surface area contributed by atoms with Crippen LogP contribution in [0.15, 0.2) is 22.7 Å². The second-order valence-electron chi connectivity index (χ2n) is 3.63. The first kappa shape index (κ1) is 12.2. The van der Waals surface area contributed by atoms with Crippen molar-refractivity contribution in [2.75, 3.05) is 5.43 Å². The van der Waals surface area contributed by atoms with Crippen LogP contribution in [0, 0.1) is 6.92 Å². The lowest BCUT2D eigenvalue weighted by atomic mass is 10.1. The molecule has 0 spiro atoms. The number of nitrogens with one attached hydrogen (secondary N) is 1. The Morgan fingerprint density at radius 3 is 2.71 bits per heavy atom. The number of alkyl halides is 2. The zero-order valence-corrected chi connectivity index (χ0v) is 10.6. The first-order valence-electron chi connectivity index (χ1n) is 4.89. The fourth-order valence-electron chi connectivity index (χ4n) is 1.61. The summed E-state index contributed by atoms with van der Waals surface area (Å²) in [7, 11) is 0. The summed E-state index contributed by atoms with van der Waals surface area (Å²) < 4.78 is 26.1. The molecule has 3 nitrogen and oxygen atoms in total. The van der Waals surface area contributed by atoms with Crippen LogP contribution in [0.25, 0.3) is 10.9 Å². The summed E-state index contributed by atoms with van der Waals surface area (Å²) in [6, 6.07) is 4.93. The van der Waals surface area contributed by atoms with Crippen LogP contribution in [-0.2, 0) is 0 Å². The summed E-state index contributed by atoms with van der Waals surface area (Å²) in [5.74, 6) is 5.34. The molecule has 0 bridgehead atoms. The van der Waals surface area contributed by atoms with Crippen LogP contribution in [0.2, 0.25) is 0 Å². The van der Waals surface area contributed by atoms with Crippen molar-refractivity contribution in [3.63, 3.8) is 0 Å². The number of hydrazine groups is 1. The highest BCUT2D eigenvalue weighted by Crippen LogP contribution is 2.32. The van der Waals surface area contributed by atoms with E-state index in [0.717, 1.165) is 5.56 Å². The number of aryl methyl sites for hydroxylation is 1. The van der Waals surface area contributed by atoms with Crippen molar-refractivity contribution in [3.8, 4) is 0 Å². The topological polar surface area (TPSA) is 50.9 Å². The molecule has 1 heterocycles. The fourth-order valence-corrected chi connectivity index (χ4v) is 2.04. The van der Waals surface area contributed by atoms with Gasteiger partial charge in [0.2, 0.25) is 0 Å². The molecule has 6 heteroatoms. The SMILES string of the molecule is Cc1ccc2c(NN)cc(C(F)F)nc2c1Br. The van der Waals surface area contributed by atoms with E-state index in [9.17, 15) is 8.78 Å². The van der Waals surface area contributed by atoms with E-state index in [1.807, 2.05) is 13.0 Å². The van der Waals surface area contributed by atoms with E-state index >= 15 is 0 Å². The predicted octanol–water partition coefficient (Wildman–Crippen LogP) is 3.53. The molecule has 0 aliphatic heterocycles. The van der Waals surface area contributed by atoms with E-state index < -0.39 is 6.43 Å². The first-order valence-corrected chi connectivity index (χ1v) is 5.68. The lowest BCUT2D eigenvalue weighted by Gasteiger charge is -2.11. The summed E-state index contributed by atoms with van der Waals surface area (Å²) in [5, 5.41) is 0.703. The summed E-state index contributed by atoms with van der Waals surface area (Å²) >= 11 is 3.35. The molecule has 0 fully saturated rings.